The first-order valence-electron chi connectivity index (χ1n) is 5.66. The molecule has 0 unspecified atom stereocenters. The zero-order chi connectivity index (χ0) is 12.4. The van der Waals surface area contributed by atoms with Crippen molar-refractivity contribution in [2.75, 3.05) is 0 Å². The summed E-state index contributed by atoms with van der Waals surface area (Å²) in [6.07, 6.45) is 0. The molecule has 17 heavy (non-hydrogen) atoms. The zero-order valence-corrected chi connectivity index (χ0v) is 11.0. The minimum absolute atomic E-state index is 0.105. The molecule has 1 aromatic carbocycles. The Labute approximate surface area is 105 Å². The Kier molecular flexibility index (Phi) is 3.38. The van der Waals surface area contributed by atoms with E-state index in [0.29, 0.717) is 0 Å². The summed E-state index contributed by atoms with van der Waals surface area (Å²) in [6, 6.07) is 9.99. The van der Waals surface area contributed by atoms with E-state index in [2.05, 4.69) is 18.8 Å². The van der Waals surface area contributed by atoms with Gasteiger partial charge in [0.05, 0.1) is 10.6 Å². The van der Waals surface area contributed by atoms with E-state index in [0.717, 1.165) is 21.1 Å². The Morgan fingerprint density at radius 1 is 1.24 bits per heavy atom. The molecule has 0 aliphatic heterocycles. The Hall–Kier alpha value is -1.48. The second kappa shape index (κ2) is 4.80. The smallest absolute Gasteiger partial charge is 0.171 e. The predicted molar refractivity (Wildman–Crippen MR) is 71.6 cm³/mol. The quantitative estimate of drug-likeness (QED) is 0.761. The first-order chi connectivity index (χ1) is 8.09. The van der Waals surface area contributed by atoms with Crippen LogP contribution in [0, 0.1) is 0 Å². The molecule has 0 saturated heterocycles. The average Bonchev–Trinajstić information content (AvgIpc) is 2.75. The molecule has 0 N–H and O–H groups in total. The minimum Gasteiger partial charge on any atom is -0.294 e. The lowest BCUT2D eigenvalue weighted by Gasteiger charge is -2.01. The molecule has 2 rings (SSSR count). The molecule has 3 heteroatoms. The highest BCUT2D eigenvalue weighted by Crippen LogP contribution is 2.31. The van der Waals surface area contributed by atoms with Crippen LogP contribution in [0.1, 0.15) is 42.1 Å². The topological polar surface area (TPSA) is 30.0 Å². The summed E-state index contributed by atoms with van der Waals surface area (Å²) in [5.74, 6) is 0.385. The predicted octanol–water partition coefficient (Wildman–Crippen LogP) is 4.14. The van der Waals surface area contributed by atoms with Crippen LogP contribution in [0.2, 0.25) is 0 Å². The summed E-state index contributed by atoms with van der Waals surface area (Å²) >= 11 is 1.49. The first-order valence-corrected chi connectivity index (χ1v) is 6.48. The van der Waals surface area contributed by atoms with E-state index in [9.17, 15) is 4.79 Å². The van der Waals surface area contributed by atoms with Crippen molar-refractivity contribution >= 4 is 17.1 Å². The first kappa shape index (κ1) is 12.0. The molecule has 0 spiro atoms. The molecule has 1 heterocycles. The summed E-state index contributed by atoms with van der Waals surface area (Å²) in [6.45, 7) is 5.74. The zero-order valence-electron chi connectivity index (χ0n) is 10.2. The largest absolute Gasteiger partial charge is 0.294 e. The van der Waals surface area contributed by atoms with Gasteiger partial charge in [0.2, 0.25) is 0 Å². The van der Waals surface area contributed by atoms with E-state index in [1.165, 1.54) is 11.3 Å². The molecule has 0 saturated carbocycles. The number of rotatable bonds is 3. The number of aromatic nitrogens is 1. The lowest BCUT2D eigenvalue weighted by Crippen LogP contribution is -1.97. The number of benzene rings is 1. The average molecular weight is 245 g/mol. The summed E-state index contributed by atoms with van der Waals surface area (Å²) < 4.78 is 0. The maximum Gasteiger partial charge on any atom is 0.171 e. The highest BCUT2D eigenvalue weighted by Gasteiger charge is 2.17. The highest BCUT2D eigenvalue weighted by molar-refractivity contribution is 7.17. The number of hydrogen-bond acceptors (Lipinski definition) is 3. The van der Waals surface area contributed by atoms with Gasteiger partial charge in [0, 0.05) is 12.5 Å². The van der Waals surface area contributed by atoms with Gasteiger partial charge in [-0.25, -0.2) is 4.98 Å². The highest BCUT2D eigenvalue weighted by atomic mass is 32.1. The van der Waals surface area contributed by atoms with Gasteiger partial charge in [-0.3, -0.25) is 4.79 Å². The summed E-state index contributed by atoms with van der Waals surface area (Å²) in [4.78, 5) is 17.0. The van der Waals surface area contributed by atoms with Gasteiger partial charge < -0.3 is 0 Å². The van der Waals surface area contributed by atoms with Crippen molar-refractivity contribution in [1.82, 2.24) is 4.98 Å². The number of thiazole rings is 1. The molecule has 0 radical (unpaired) electrons. The Balaban J connectivity index is 2.51. The van der Waals surface area contributed by atoms with Crippen LogP contribution in [0.25, 0.3) is 10.6 Å². The van der Waals surface area contributed by atoms with Crippen molar-refractivity contribution < 1.29 is 4.79 Å². The second-order valence-electron chi connectivity index (χ2n) is 4.31. The normalized spacial score (nSPS) is 10.8. The number of carbonyl (C=O) groups excluding carboxylic acids is 1. The molecule has 88 valence electrons. The van der Waals surface area contributed by atoms with Gasteiger partial charge in [-0.1, -0.05) is 44.2 Å². The Bertz CT molecular complexity index is 528. The van der Waals surface area contributed by atoms with Crippen molar-refractivity contribution in [3.05, 3.63) is 40.9 Å². The second-order valence-corrected chi connectivity index (χ2v) is 5.31. The van der Waals surface area contributed by atoms with Crippen LogP contribution in [0.4, 0.5) is 0 Å². The van der Waals surface area contributed by atoms with Crippen molar-refractivity contribution in [3.8, 4) is 10.6 Å². The van der Waals surface area contributed by atoms with Crippen molar-refractivity contribution in [2.45, 2.75) is 26.7 Å². The molecular formula is C14H15NOS. The van der Waals surface area contributed by atoms with Crippen molar-refractivity contribution in [1.29, 1.82) is 0 Å². The number of ketones is 1. The van der Waals surface area contributed by atoms with Gasteiger partial charge in [-0.05, 0) is 5.92 Å². The van der Waals surface area contributed by atoms with Crippen LogP contribution in [0.3, 0.4) is 0 Å². The van der Waals surface area contributed by atoms with Crippen LogP contribution in [-0.4, -0.2) is 10.8 Å². The van der Waals surface area contributed by atoms with Crippen molar-refractivity contribution in [3.63, 3.8) is 0 Å². The number of hydrogen-bond donors (Lipinski definition) is 0. The van der Waals surface area contributed by atoms with E-state index in [1.807, 2.05) is 30.3 Å². The van der Waals surface area contributed by atoms with E-state index in [4.69, 9.17) is 0 Å². The van der Waals surface area contributed by atoms with Gasteiger partial charge in [0.15, 0.2) is 5.78 Å². The molecule has 2 nitrogen and oxygen atoms in total. The number of nitrogens with zero attached hydrogens (tertiary/aromatic N) is 1. The third kappa shape index (κ3) is 2.44. The Morgan fingerprint density at radius 3 is 2.35 bits per heavy atom. The standard InChI is InChI=1S/C14H15NOS/c1-9(2)12-13(10(3)16)17-14(15-12)11-7-5-4-6-8-11/h4-9H,1-3H3. The minimum atomic E-state index is 0.105. The van der Waals surface area contributed by atoms with Crippen LogP contribution >= 0.6 is 11.3 Å². The van der Waals surface area contributed by atoms with Gasteiger partial charge in [0.1, 0.15) is 5.01 Å². The van der Waals surface area contributed by atoms with E-state index >= 15 is 0 Å². The fraction of sp³-hybridized carbons (Fsp3) is 0.286. The lowest BCUT2D eigenvalue weighted by atomic mass is 10.1. The van der Waals surface area contributed by atoms with Crippen LogP contribution in [0.15, 0.2) is 30.3 Å². The fourth-order valence-electron chi connectivity index (χ4n) is 1.68. The molecule has 0 amide bonds. The number of Topliss-reactive ketones (excluding diaryl/α,β-unsaturated/α-hetero) is 1. The summed E-state index contributed by atoms with van der Waals surface area (Å²) in [5, 5.41) is 0.930. The van der Waals surface area contributed by atoms with Gasteiger partial charge in [0.25, 0.3) is 0 Å². The van der Waals surface area contributed by atoms with E-state index in [-0.39, 0.29) is 11.7 Å². The third-order valence-corrected chi connectivity index (χ3v) is 3.76. The van der Waals surface area contributed by atoms with E-state index < -0.39 is 0 Å². The molecular weight excluding hydrogens is 230 g/mol. The summed E-state index contributed by atoms with van der Waals surface area (Å²) in [7, 11) is 0. The maximum absolute atomic E-state index is 11.6. The molecule has 0 aliphatic rings. The molecule has 0 atom stereocenters. The monoisotopic (exact) mass is 245 g/mol. The van der Waals surface area contributed by atoms with Crippen LogP contribution in [-0.2, 0) is 0 Å². The summed E-state index contributed by atoms with van der Waals surface area (Å²) in [5.41, 5.74) is 1.99. The maximum atomic E-state index is 11.6. The molecule has 0 bridgehead atoms. The van der Waals surface area contributed by atoms with Gasteiger partial charge in [-0.2, -0.15) is 0 Å². The lowest BCUT2D eigenvalue weighted by molar-refractivity contribution is 0.102. The number of carbonyl (C=O) groups is 1. The van der Waals surface area contributed by atoms with E-state index in [1.54, 1.807) is 6.92 Å². The molecule has 0 fully saturated rings. The third-order valence-electron chi connectivity index (χ3n) is 2.54. The SMILES string of the molecule is CC(=O)c1sc(-c2ccccc2)nc1C(C)C. The molecule has 1 aromatic heterocycles. The van der Waals surface area contributed by atoms with Gasteiger partial charge >= 0.3 is 0 Å². The molecule has 2 aromatic rings. The van der Waals surface area contributed by atoms with Crippen LogP contribution < -0.4 is 0 Å². The van der Waals surface area contributed by atoms with Crippen molar-refractivity contribution in [2.24, 2.45) is 0 Å². The Morgan fingerprint density at radius 2 is 1.88 bits per heavy atom. The van der Waals surface area contributed by atoms with Gasteiger partial charge in [-0.15, -0.1) is 11.3 Å². The van der Waals surface area contributed by atoms with Crippen LogP contribution in [0.5, 0.6) is 0 Å². The molecule has 0 aliphatic carbocycles. The fourth-order valence-corrected chi connectivity index (χ4v) is 2.80.